The highest BCUT2D eigenvalue weighted by Gasteiger charge is 2.24. The lowest BCUT2D eigenvalue weighted by atomic mass is 10.0. The van der Waals surface area contributed by atoms with E-state index in [-0.39, 0.29) is 5.91 Å². The standard InChI is InChI=1S/C13H24N2O/c1-10(8-11-2-3-11)15-13(16)5-4-12-6-7-14-9-12/h10-12,14H,2-9H2,1H3,(H,15,16). The average Bonchev–Trinajstić information content (AvgIpc) is 2.89. The molecule has 1 saturated carbocycles. The molecule has 1 aliphatic heterocycles. The number of carbonyl (C=O) groups excluding carboxylic acids is 1. The molecule has 1 heterocycles. The maximum absolute atomic E-state index is 11.7. The highest BCUT2D eigenvalue weighted by molar-refractivity contribution is 5.76. The van der Waals surface area contributed by atoms with Crippen molar-refractivity contribution in [1.82, 2.24) is 10.6 Å². The van der Waals surface area contributed by atoms with E-state index in [1.165, 1.54) is 25.7 Å². The summed E-state index contributed by atoms with van der Waals surface area (Å²) in [6, 6.07) is 0.377. The maximum atomic E-state index is 11.7. The Bertz CT molecular complexity index is 232. The van der Waals surface area contributed by atoms with Gasteiger partial charge in [-0.15, -0.1) is 0 Å². The van der Waals surface area contributed by atoms with Crippen LogP contribution in [0.2, 0.25) is 0 Å². The molecule has 16 heavy (non-hydrogen) atoms. The Labute approximate surface area is 98.4 Å². The van der Waals surface area contributed by atoms with Gasteiger partial charge in [-0.25, -0.2) is 0 Å². The highest BCUT2D eigenvalue weighted by Crippen LogP contribution is 2.33. The van der Waals surface area contributed by atoms with Crippen LogP contribution in [-0.4, -0.2) is 25.0 Å². The second-order valence-corrected chi connectivity index (χ2v) is 5.55. The molecule has 2 rings (SSSR count). The van der Waals surface area contributed by atoms with Crippen LogP contribution in [0.25, 0.3) is 0 Å². The Morgan fingerprint density at radius 2 is 2.19 bits per heavy atom. The normalized spacial score (nSPS) is 26.7. The number of amides is 1. The monoisotopic (exact) mass is 224 g/mol. The Morgan fingerprint density at radius 1 is 1.38 bits per heavy atom. The Morgan fingerprint density at radius 3 is 2.81 bits per heavy atom. The van der Waals surface area contributed by atoms with Gasteiger partial charge in [-0.2, -0.15) is 0 Å². The third-order valence-corrected chi connectivity index (χ3v) is 3.73. The first kappa shape index (κ1) is 11.9. The molecule has 2 N–H and O–H groups in total. The van der Waals surface area contributed by atoms with Crippen LogP contribution in [0.3, 0.4) is 0 Å². The van der Waals surface area contributed by atoms with Crippen LogP contribution in [0, 0.1) is 11.8 Å². The van der Waals surface area contributed by atoms with Gasteiger partial charge in [-0.1, -0.05) is 12.8 Å². The quantitative estimate of drug-likeness (QED) is 0.721. The SMILES string of the molecule is CC(CC1CC1)NC(=O)CCC1CCNC1. The molecule has 1 saturated heterocycles. The van der Waals surface area contributed by atoms with Gasteiger partial charge in [0.15, 0.2) is 0 Å². The fourth-order valence-electron chi connectivity index (χ4n) is 2.56. The van der Waals surface area contributed by atoms with Gasteiger partial charge in [-0.05, 0) is 51.1 Å². The molecule has 0 aromatic rings. The molecule has 92 valence electrons. The van der Waals surface area contributed by atoms with Crippen LogP contribution in [0.5, 0.6) is 0 Å². The number of rotatable bonds is 6. The van der Waals surface area contributed by atoms with Crippen LogP contribution >= 0.6 is 0 Å². The smallest absolute Gasteiger partial charge is 0.220 e. The molecule has 2 unspecified atom stereocenters. The second kappa shape index (κ2) is 5.67. The van der Waals surface area contributed by atoms with Crippen molar-refractivity contribution in [1.29, 1.82) is 0 Å². The fourth-order valence-corrected chi connectivity index (χ4v) is 2.56. The Kier molecular flexibility index (Phi) is 4.22. The zero-order valence-corrected chi connectivity index (χ0v) is 10.3. The van der Waals surface area contributed by atoms with Crippen LogP contribution in [0.1, 0.15) is 45.4 Å². The van der Waals surface area contributed by atoms with Crippen LogP contribution in [-0.2, 0) is 4.79 Å². The van der Waals surface area contributed by atoms with Crippen molar-refractivity contribution < 1.29 is 4.79 Å². The molecule has 0 aromatic carbocycles. The van der Waals surface area contributed by atoms with E-state index in [0.717, 1.165) is 31.3 Å². The molecule has 0 spiro atoms. The van der Waals surface area contributed by atoms with Gasteiger partial charge >= 0.3 is 0 Å². The van der Waals surface area contributed by atoms with E-state index in [0.29, 0.717) is 12.5 Å². The van der Waals surface area contributed by atoms with Crippen molar-refractivity contribution in [3.05, 3.63) is 0 Å². The van der Waals surface area contributed by atoms with E-state index >= 15 is 0 Å². The van der Waals surface area contributed by atoms with Crippen molar-refractivity contribution in [2.75, 3.05) is 13.1 Å². The van der Waals surface area contributed by atoms with E-state index < -0.39 is 0 Å². The van der Waals surface area contributed by atoms with Gasteiger partial charge in [0.25, 0.3) is 0 Å². The lowest BCUT2D eigenvalue weighted by Crippen LogP contribution is -2.33. The third kappa shape index (κ3) is 4.12. The van der Waals surface area contributed by atoms with Gasteiger partial charge in [0, 0.05) is 12.5 Å². The summed E-state index contributed by atoms with van der Waals surface area (Å²) < 4.78 is 0. The summed E-state index contributed by atoms with van der Waals surface area (Å²) in [5.41, 5.74) is 0. The first-order valence-electron chi connectivity index (χ1n) is 6.74. The maximum Gasteiger partial charge on any atom is 0.220 e. The summed E-state index contributed by atoms with van der Waals surface area (Å²) in [6.45, 7) is 4.36. The molecule has 2 aliphatic rings. The van der Waals surface area contributed by atoms with Gasteiger partial charge in [0.1, 0.15) is 0 Å². The highest BCUT2D eigenvalue weighted by atomic mass is 16.1. The number of hydrogen-bond acceptors (Lipinski definition) is 2. The summed E-state index contributed by atoms with van der Waals surface area (Å²) in [5.74, 6) is 1.87. The molecule has 1 amide bonds. The number of nitrogens with one attached hydrogen (secondary N) is 2. The molecule has 0 aromatic heterocycles. The average molecular weight is 224 g/mol. The van der Waals surface area contributed by atoms with Gasteiger partial charge < -0.3 is 10.6 Å². The van der Waals surface area contributed by atoms with Crippen molar-refractivity contribution in [2.45, 2.75) is 51.5 Å². The minimum atomic E-state index is 0.250. The summed E-state index contributed by atoms with van der Waals surface area (Å²) >= 11 is 0. The Balaban J connectivity index is 1.55. The van der Waals surface area contributed by atoms with E-state index in [9.17, 15) is 4.79 Å². The van der Waals surface area contributed by atoms with E-state index in [2.05, 4.69) is 17.6 Å². The zero-order chi connectivity index (χ0) is 11.4. The summed E-state index contributed by atoms with van der Waals surface area (Å²) in [6.07, 6.45) is 6.92. The van der Waals surface area contributed by atoms with Crippen molar-refractivity contribution in [3.63, 3.8) is 0 Å². The first-order chi connectivity index (χ1) is 7.74. The number of carbonyl (C=O) groups is 1. The third-order valence-electron chi connectivity index (χ3n) is 3.73. The minimum absolute atomic E-state index is 0.250. The first-order valence-corrected chi connectivity index (χ1v) is 6.74. The summed E-state index contributed by atoms with van der Waals surface area (Å²) in [4.78, 5) is 11.7. The minimum Gasteiger partial charge on any atom is -0.354 e. The molecule has 2 atom stereocenters. The Hall–Kier alpha value is -0.570. The molecular weight excluding hydrogens is 200 g/mol. The number of hydrogen-bond donors (Lipinski definition) is 2. The predicted octanol–water partition coefficient (Wildman–Crippen LogP) is 1.68. The van der Waals surface area contributed by atoms with Crippen molar-refractivity contribution >= 4 is 5.91 Å². The predicted molar refractivity (Wildman–Crippen MR) is 65.2 cm³/mol. The van der Waals surface area contributed by atoms with Gasteiger partial charge in [0.05, 0.1) is 0 Å². The topological polar surface area (TPSA) is 41.1 Å². The molecule has 1 aliphatic carbocycles. The van der Waals surface area contributed by atoms with Crippen molar-refractivity contribution in [2.24, 2.45) is 11.8 Å². The summed E-state index contributed by atoms with van der Waals surface area (Å²) in [7, 11) is 0. The van der Waals surface area contributed by atoms with Crippen LogP contribution in [0.15, 0.2) is 0 Å². The molecule has 0 radical (unpaired) electrons. The van der Waals surface area contributed by atoms with E-state index in [1.807, 2.05) is 0 Å². The second-order valence-electron chi connectivity index (χ2n) is 5.55. The lowest BCUT2D eigenvalue weighted by Gasteiger charge is -2.14. The molecule has 3 heteroatoms. The van der Waals surface area contributed by atoms with Crippen LogP contribution < -0.4 is 10.6 Å². The summed E-state index contributed by atoms with van der Waals surface area (Å²) in [5, 5.41) is 6.46. The molecule has 0 bridgehead atoms. The lowest BCUT2D eigenvalue weighted by molar-refractivity contribution is -0.122. The van der Waals surface area contributed by atoms with Gasteiger partial charge in [-0.3, -0.25) is 4.79 Å². The van der Waals surface area contributed by atoms with E-state index in [4.69, 9.17) is 0 Å². The largest absolute Gasteiger partial charge is 0.354 e. The molecular formula is C13H24N2O. The van der Waals surface area contributed by atoms with Crippen molar-refractivity contribution in [3.8, 4) is 0 Å². The molecule has 3 nitrogen and oxygen atoms in total. The van der Waals surface area contributed by atoms with E-state index in [1.54, 1.807) is 0 Å². The van der Waals surface area contributed by atoms with Gasteiger partial charge in [0.2, 0.25) is 5.91 Å². The van der Waals surface area contributed by atoms with Crippen LogP contribution in [0.4, 0.5) is 0 Å². The molecule has 2 fully saturated rings. The zero-order valence-electron chi connectivity index (χ0n) is 10.3. The fraction of sp³-hybridized carbons (Fsp3) is 0.923.